The van der Waals surface area contributed by atoms with Crippen LogP contribution in [0.2, 0.25) is 0 Å². The average molecular weight is 306 g/mol. The van der Waals surface area contributed by atoms with E-state index in [1.54, 1.807) is 11.8 Å². The summed E-state index contributed by atoms with van der Waals surface area (Å²) in [5.74, 6) is 0.915. The summed E-state index contributed by atoms with van der Waals surface area (Å²) in [6.07, 6.45) is 0. The van der Waals surface area contributed by atoms with Crippen molar-refractivity contribution in [2.75, 3.05) is 0 Å². The monoisotopic (exact) mass is 306 g/mol. The summed E-state index contributed by atoms with van der Waals surface area (Å²) in [5.41, 5.74) is 5.86. The lowest BCUT2D eigenvalue weighted by Crippen LogP contribution is -1.92. The molecule has 0 unspecified atom stereocenters. The highest BCUT2D eigenvalue weighted by atomic mass is 32.2. The van der Waals surface area contributed by atoms with E-state index in [-0.39, 0.29) is 0 Å². The van der Waals surface area contributed by atoms with E-state index in [0.717, 1.165) is 22.0 Å². The molecule has 1 aromatic heterocycles. The fraction of sp³-hybridized carbons (Fsp3) is 0.158. The first-order valence-corrected chi connectivity index (χ1v) is 8.29. The molecule has 0 saturated heterocycles. The second-order valence-corrected chi connectivity index (χ2v) is 6.35. The highest BCUT2D eigenvalue weighted by Gasteiger charge is 2.05. The van der Waals surface area contributed by atoms with Gasteiger partial charge in [0.15, 0.2) is 0 Å². The van der Waals surface area contributed by atoms with E-state index in [1.807, 2.05) is 6.07 Å². The van der Waals surface area contributed by atoms with Gasteiger partial charge in [-0.1, -0.05) is 59.8 Å². The summed E-state index contributed by atoms with van der Waals surface area (Å²) in [7, 11) is 0. The van der Waals surface area contributed by atoms with Crippen molar-refractivity contribution in [2.24, 2.45) is 0 Å². The van der Waals surface area contributed by atoms with Crippen molar-refractivity contribution in [3.8, 4) is 11.3 Å². The largest absolute Gasteiger partial charge is 0.149 e. The molecule has 2 aromatic carbocycles. The lowest BCUT2D eigenvalue weighted by Gasteiger charge is -2.07. The fourth-order valence-electron chi connectivity index (χ4n) is 2.28. The molecule has 0 aliphatic carbocycles. The maximum absolute atomic E-state index is 4.39. The van der Waals surface area contributed by atoms with E-state index >= 15 is 0 Å². The molecule has 0 atom stereocenters. The van der Waals surface area contributed by atoms with Crippen molar-refractivity contribution in [3.63, 3.8) is 0 Å². The van der Waals surface area contributed by atoms with Crippen LogP contribution in [-0.2, 0) is 5.75 Å². The van der Waals surface area contributed by atoms with Gasteiger partial charge < -0.3 is 0 Å². The van der Waals surface area contributed by atoms with Crippen LogP contribution in [0.4, 0.5) is 0 Å². The van der Waals surface area contributed by atoms with Gasteiger partial charge in [0.05, 0.1) is 5.69 Å². The van der Waals surface area contributed by atoms with Crippen molar-refractivity contribution in [3.05, 3.63) is 77.4 Å². The van der Waals surface area contributed by atoms with Crippen LogP contribution in [0.5, 0.6) is 0 Å². The standard InChI is InChI=1S/C19H18N2S/c1-14-8-9-15(2)17(12-14)18-10-11-19(21-20-18)22-13-16-6-4-3-5-7-16/h3-12H,13H2,1-2H3. The lowest BCUT2D eigenvalue weighted by atomic mass is 10.0. The van der Waals surface area contributed by atoms with Crippen molar-refractivity contribution < 1.29 is 0 Å². The van der Waals surface area contributed by atoms with Gasteiger partial charge in [0.1, 0.15) is 5.03 Å². The van der Waals surface area contributed by atoms with Crippen LogP contribution >= 0.6 is 11.8 Å². The van der Waals surface area contributed by atoms with E-state index in [1.165, 1.54) is 16.7 Å². The van der Waals surface area contributed by atoms with E-state index in [0.29, 0.717) is 0 Å². The van der Waals surface area contributed by atoms with E-state index in [4.69, 9.17) is 0 Å². The molecule has 0 bridgehead atoms. The van der Waals surface area contributed by atoms with Gasteiger partial charge >= 0.3 is 0 Å². The van der Waals surface area contributed by atoms with Crippen molar-refractivity contribution >= 4 is 11.8 Å². The summed E-state index contributed by atoms with van der Waals surface area (Å²) in [6, 6.07) is 20.9. The Hall–Kier alpha value is -2.13. The molecule has 110 valence electrons. The lowest BCUT2D eigenvalue weighted by molar-refractivity contribution is 0.934. The Balaban J connectivity index is 1.74. The minimum atomic E-state index is 0.915. The zero-order chi connectivity index (χ0) is 15.4. The third kappa shape index (κ3) is 3.55. The molecular formula is C19H18N2S. The molecule has 0 spiro atoms. The van der Waals surface area contributed by atoms with Crippen molar-refractivity contribution in [1.82, 2.24) is 10.2 Å². The Labute approximate surface area is 135 Å². The predicted octanol–water partition coefficient (Wildman–Crippen LogP) is 5.05. The molecule has 0 radical (unpaired) electrons. The minimum absolute atomic E-state index is 0.915. The van der Waals surface area contributed by atoms with E-state index < -0.39 is 0 Å². The van der Waals surface area contributed by atoms with Crippen LogP contribution in [-0.4, -0.2) is 10.2 Å². The number of hydrogen-bond donors (Lipinski definition) is 0. The summed E-state index contributed by atoms with van der Waals surface area (Å²) in [5, 5.41) is 9.70. The van der Waals surface area contributed by atoms with Gasteiger partial charge in [-0.25, -0.2) is 0 Å². The Morgan fingerprint density at radius 1 is 0.864 bits per heavy atom. The van der Waals surface area contributed by atoms with Crippen LogP contribution in [0.1, 0.15) is 16.7 Å². The summed E-state index contributed by atoms with van der Waals surface area (Å²) >= 11 is 1.71. The van der Waals surface area contributed by atoms with Gasteiger partial charge in [-0.2, -0.15) is 0 Å². The first-order valence-electron chi connectivity index (χ1n) is 7.30. The number of benzene rings is 2. The fourth-order valence-corrected chi connectivity index (χ4v) is 3.05. The Bertz CT molecular complexity index is 752. The van der Waals surface area contributed by atoms with Crippen molar-refractivity contribution in [1.29, 1.82) is 0 Å². The molecule has 2 nitrogen and oxygen atoms in total. The van der Waals surface area contributed by atoms with Crippen molar-refractivity contribution in [2.45, 2.75) is 24.6 Å². The summed E-state index contributed by atoms with van der Waals surface area (Å²) in [4.78, 5) is 0. The molecule has 3 heteroatoms. The molecule has 22 heavy (non-hydrogen) atoms. The smallest absolute Gasteiger partial charge is 0.119 e. The highest BCUT2D eigenvalue weighted by molar-refractivity contribution is 7.98. The third-order valence-corrected chi connectivity index (χ3v) is 4.53. The number of rotatable bonds is 4. The molecule has 0 N–H and O–H groups in total. The number of aryl methyl sites for hydroxylation is 2. The third-order valence-electron chi connectivity index (χ3n) is 3.54. The minimum Gasteiger partial charge on any atom is -0.149 e. The Morgan fingerprint density at radius 3 is 2.41 bits per heavy atom. The van der Waals surface area contributed by atoms with Crippen LogP contribution in [0.3, 0.4) is 0 Å². The maximum Gasteiger partial charge on any atom is 0.119 e. The average Bonchev–Trinajstić information content (AvgIpc) is 2.57. The molecule has 0 fully saturated rings. The second kappa shape index (κ2) is 6.75. The van der Waals surface area contributed by atoms with Gasteiger partial charge in [-0.15, -0.1) is 10.2 Å². The molecule has 3 rings (SSSR count). The van der Waals surface area contributed by atoms with Crippen LogP contribution in [0.15, 0.2) is 65.7 Å². The normalized spacial score (nSPS) is 10.6. The second-order valence-electron chi connectivity index (χ2n) is 5.35. The number of aromatic nitrogens is 2. The number of nitrogens with zero attached hydrogens (tertiary/aromatic N) is 2. The van der Waals surface area contributed by atoms with Crippen LogP contribution in [0.25, 0.3) is 11.3 Å². The number of hydrogen-bond acceptors (Lipinski definition) is 3. The summed E-state index contributed by atoms with van der Waals surface area (Å²) in [6.45, 7) is 4.20. The zero-order valence-electron chi connectivity index (χ0n) is 12.8. The van der Waals surface area contributed by atoms with Crippen LogP contribution < -0.4 is 0 Å². The molecule has 3 aromatic rings. The van der Waals surface area contributed by atoms with Gasteiger partial charge in [0.2, 0.25) is 0 Å². The molecule has 0 aliphatic heterocycles. The van der Waals surface area contributed by atoms with Gasteiger partial charge in [-0.05, 0) is 43.2 Å². The molecule has 0 amide bonds. The first-order chi connectivity index (χ1) is 10.7. The molecular weight excluding hydrogens is 288 g/mol. The van der Waals surface area contributed by atoms with Gasteiger partial charge in [0.25, 0.3) is 0 Å². The SMILES string of the molecule is Cc1ccc(C)c(-c2ccc(SCc3ccccc3)nn2)c1. The van der Waals surface area contributed by atoms with Gasteiger partial charge in [0, 0.05) is 11.3 Å². The number of thioether (sulfide) groups is 1. The molecule has 0 saturated carbocycles. The van der Waals surface area contributed by atoms with Crippen LogP contribution in [0, 0.1) is 13.8 Å². The predicted molar refractivity (Wildman–Crippen MR) is 92.9 cm³/mol. The molecule has 0 aliphatic rings. The van der Waals surface area contributed by atoms with Gasteiger partial charge in [-0.3, -0.25) is 0 Å². The Morgan fingerprint density at radius 2 is 1.68 bits per heavy atom. The Kier molecular flexibility index (Phi) is 4.54. The highest BCUT2D eigenvalue weighted by Crippen LogP contribution is 2.25. The quantitative estimate of drug-likeness (QED) is 0.631. The first kappa shape index (κ1) is 14.8. The van der Waals surface area contributed by atoms with E-state index in [2.05, 4.69) is 78.6 Å². The molecule has 1 heterocycles. The van der Waals surface area contributed by atoms with E-state index in [9.17, 15) is 0 Å². The summed E-state index contributed by atoms with van der Waals surface area (Å²) < 4.78 is 0. The topological polar surface area (TPSA) is 25.8 Å². The zero-order valence-corrected chi connectivity index (χ0v) is 13.6. The maximum atomic E-state index is 4.39.